The number of hydrogen-bond acceptors (Lipinski definition) is 21. The third-order valence-electron chi connectivity index (χ3n) is 19.5. The lowest BCUT2D eigenvalue weighted by Crippen LogP contribution is -2.70. The van der Waals surface area contributed by atoms with Crippen LogP contribution in [0.1, 0.15) is 64.7 Å². The van der Waals surface area contributed by atoms with Crippen LogP contribution >= 0.6 is 0 Å². The minimum absolute atomic E-state index is 0.00998. The first kappa shape index (κ1) is 71.9. The zero-order valence-corrected chi connectivity index (χ0v) is 57.7. The van der Waals surface area contributed by atoms with Crippen LogP contribution in [0.5, 0.6) is 11.5 Å². The van der Waals surface area contributed by atoms with E-state index in [1.807, 2.05) is 219 Å². The maximum absolute atomic E-state index is 11.0. The van der Waals surface area contributed by atoms with E-state index in [0.717, 1.165) is 27.8 Å². The van der Waals surface area contributed by atoms with Gasteiger partial charge in [0.1, 0.15) is 103 Å². The molecule has 25 heteroatoms. The Morgan fingerprint density at radius 3 is 1.10 bits per heavy atom. The third kappa shape index (κ3) is 17.1. The lowest BCUT2D eigenvalue weighted by molar-refractivity contribution is -0.420. The van der Waals surface area contributed by atoms with Crippen molar-refractivity contribution in [2.45, 2.75) is 175 Å². The molecule has 7 fully saturated rings. The van der Waals surface area contributed by atoms with Crippen LogP contribution in [-0.2, 0) is 107 Å². The maximum atomic E-state index is 11.0. The fraction of sp³-hybridized carbons (Fsp3) is 0.400. The molecule has 8 aromatic carbocycles. The predicted molar refractivity (Wildman–Crippen MR) is 375 cm³/mol. The van der Waals surface area contributed by atoms with Gasteiger partial charge in [-0.2, -0.15) is 0 Å². The molecule has 3 unspecified atom stereocenters. The summed E-state index contributed by atoms with van der Waals surface area (Å²) in [5.74, 6) is 0.932. The Morgan fingerprint density at radius 1 is 0.343 bits per heavy atom. The van der Waals surface area contributed by atoms with E-state index in [9.17, 15) is 11.1 Å². The van der Waals surface area contributed by atoms with Crippen LogP contribution in [0.4, 0.5) is 0 Å². The lowest BCUT2D eigenvalue weighted by atomic mass is 9.93. The second-order valence-corrected chi connectivity index (χ2v) is 26.4. The van der Waals surface area contributed by atoms with Crippen molar-refractivity contribution < 1.29 is 90.0 Å². The van der Waals surface area contributed by atoms with E-state index < -0.39 is 142 Å². The first-order chi connectivity index (χ1) is 51.8. The summed E-state index contributed by atoms with van der Waals surface area (Å²) in [6, 6.07) is 71.7. The number of benzene rings is 8. The second kappa shape index (κ2) is 34.7. The summed E-state index contributed by atoms with van der Waals surface area (Å²) in [5.41, 5.74) is 27.3. The van der Waals surface area contributed by atoms with Crippen LogP contribution in [0.25, 0.3) is 20.9 Å². The summed E-state index contributed by atoms with van der Waals surface area (Å²) in [4.78, 5) is 6.81. The summed E-state index contributed by atoms with van der Waals surface area (Å²) >= 11 is 0. The molecular weight excluding hydrogens is 1350 g/mol. The van der Waals surface area contributed by atoms with Crippen molar-refractivity contribution in [3.05, 3.63) is 296 Å². The first-order valence-electron chi connectivity index (χ1n) is 35.4. The van der Waals surface area contributed by atoms with E-state index in [2.05, 4.69) is 20.1 Å². The molecule has 0 aliphatic carbocycles. The van der Waals surface area contributed by atoms with E-state index in [-0.39, 0.29) is 46.2 Å². The Bertz CT molecular complexity index is 4100. The average molecular weight is 1430 g/mol. The van der Waals surface area contributed by atoms with Crippen molar-refractivity contribution in [1.29, 1.82) is 0 Å². The molecule has 7 saturated heterocycles. The molecule has 0 spiro atoms. The number of ether oxygens (including phenoxy) is 19. The number of nitrogens with zero attached hydrogens (tertiary/aromatic N) is 6. The highest BCUT2D eigenvalue weighted by Gasteiger charge is 2.61. The molecule has 8 aromatic rings. The third-order valence-corrected chi connectivity index (χ3v) is 19.5. The van der Waals surface area contributed by atoms with Crippen LogP contribution in [0.15, 0.2) is 247 Å². The topological polar surface area (TPSA) is 273 Å². The van der Waals surface area contributed by atoms with E-state index in [1.165, 1.54) is 0 Å². The largest absolute Gasteiger partial charge is 0.497 e. The molecule has 15 rings (SSSR count). The first-order valence-corrected chi connectivity index (χ1v) is 35.4. The second-order valence-electron chi connectivity index (χ2n) is 26.4. The molecule has 7 heterocycles. The average Bonchev–Trinajstić information content (AvgIpc) is 0.747. The molecule has 0 N–H and O–H groups in total. The highest BCUT2D eigenvalue weighted by atomic mass is 16.8. The SMILES string of the molecule is COc1ccc(O[C@H]2O[C@@H]3COC(c4ccccc4)O[C@@H]3[C@H](O[C@H]3O[C@@H]4COC(c5ccccc5)O[C@@H]4[C@H](O[C@@H]4O[C@@H]5COC(c6ccccc6)O[C@@H]5[C@H](OCc5ccccc5)[C@H]4O[C@@H]4O[C@@H](C)[C@@H](OCc5ccccc5)[C@@H](OCc5ccccc5)[C@@H]4OCc4ccccc4)[C@H]3N=[N+]=[N-])[C@H]2N=[N+]=[N-])cc1. The molecule has 105 heavy (non-hydrogen) atoms. The Balaban J connectivity index is 0.839. The fourth-order valence-electron chi connectivity index (χ4n) is 14.3. The van der Waals surface area contributed by atoms with E-state index in [1.54, 1.807) is 31.4 Å². The number of azide groups is 2. The van der Waals surface area contributed by atoms with Gasteiger partial charge >= 0.3 is 0 Å². The Morgan fingerprint density at radius 2 is 0.676 bits per heavy atom. The van der Waals surface area contributed by atoms with Crippen molar-refractivity contribution in [3.63, 3.8) is 0 Å². The van der Waals surface area contributed by atoms with Gasteiger partial charge < -0.3 is 90.0 Å². The quantitative estimate of drug-likeness (QED) is 0.0277. The monoisotopic (exact) mass is 1430 g/mol. The van der Waals surface area contributed by atoms with Crippen molar-refractivity contribution in [2.24, 2.45) is 10.2 Å². The number of fused-ring (bicyclic) bond motifs is 3. The van der Waals surface area contributed by atoms with Gasteiger partial charge in [-0.1, -0.05) is 223 Å². The molecule has 25 nitrogen and oxygen atoms in total. The molecule has 0 bridgehead atoms. The summed E-state index contributed by atoms with van der Waals surface area (Å²) in [6.07, 6.45) is -22.9. The zero-order valence-electron chi connectivity index (χ0n) is 57.7. The van der Waals surface area contributed by atoms with Crippen LogP contribution in [0, 0.1) is 0 Å². The van der Waals surface area contributed by atoms with Crippen molar-refractivity contribution in [2.75, 3.05) is 26.9 Å². The van der Waals surface area contributed by atoms with Gasteiger partial charge in [-0.05, 0) is 64.5 Å². The maximum Gasteiger partial charge on any atom is 0.211 e. The highest BCUT2D eigenvalue weighted by Crippen LogP contribution is 2.46. The molecule has 0 radical (unpaired) electrons. The Hall–Kier alpha value is -8.70. The van der Waals surface area contributed by atoms with Crippen molar-refractivity contribution in [3.8, 4) is 11.5 Å². The normalized spacial score (nSPS) is 32.9. The van der Waals surface area contributed by atoms with E-state index >= 15 is 0 Å². The minimum atomic E-state index is -1.57. The summed E-state index contributed by atoms with van der Waals surface area (Å²) in [5, 5.41) is 8.86. The number of rotatable bonds is 26. The number of methoxy groups -OCH3 is 1. The van der Waals surface area contributed by atoms with Gasteiger partial charge in [-0.3, -0.25) is 0 Å². The van der Waals surface area contributed by atoms with Gasteiger partial charge in [0.15, 0.2) is 37.7 Å². The summed E-state index contributed by atoms with van der Waals surface area (Å²) in [6.45, 7) is 2.37. The predicted octanol–water partition coefficient (Wildman–Crippen LogP) is 13.2. The number of hydrogen-bond donors (Lipinski definition) is 0. The molecule has 0 amide bonds. The van der Waals surface area contributed by atoms with E-state index in [0.29, 0.717) is 22.6 Å². The molecule has 7 aliphatic heterocycles. The molecule has 0 aromatic heterocycles. The van der Waals surface area contributed by atoms with Crippen molar-refractivity contribution >= 4 is 0 Å². The van der Waals surface area contributed by atoms with Gasteiger partial charge in [0.05, 0.1) is 59.5 Å². The highest BCUT2D eigenvalue weighted by molar-refractivity contribution is 5.32. The van der Waals surface area contributed by atoms with Gasteiger partial charge in [0.2, 0.25) is 6.29 Å². The molecule has 0 saturated carbocycles. The standard InChI is InChI=1S/C80H82N6O19/c1-49-64(88-42-50-24-10-3-11-25-50)70(89-43-51-26-12-4-13-27-51)72(91-45-53-30-16-6-17-31-53)79(95-49)105-73-71(90-44-52-28-14-5-15-29-52)67-61(48-94-76(102-67)56-36-22-9-23-37-56)99-80(73)104-69-63(84-86-82)78(98-60-47-93-75(101-66(60)69)55-34-20-8-21-35-55)103-68-62(83-85-81)77(96-58-40-38-57(87-2)39-41-58)97-59-46-92-74(100-65(59)68)54-32-18-7-19-33-54/h3-41,49,59-80H,42-48H2,1-2H3/t49-,59+,60+,61+,62+,63+,64+,65-,66-,67-,68+,69+,70+,71-,72-,73+,74?,75?,76?,77-,78+,79-,80-/m0/s1. The van der Waals surface area contributed by atoms with Gasteiger partial charge in [-0.15, -0.1) is 0 Å². The van der Waals surface area contributed by atoms with Crippen LogP contribution < -0.4 is 9.47 Å². The lowest BCUT2D eigenvalue weighted by Gasteiger charge is -2.54. The van der Waals surface area contributed by atoms with Crippen LogP contribution in [0.2, 0.25) is 0 Å². The minimum Gasteiger partial charge on any atom is -0.497 e. The van der Waals surface area contributed by atoms with E-state index in [4.69, 9.17) is 90.0 Å². The van der Waals surface area contributed by atoms with Crippen LogP contribution in [-0.4, -0.2) is 150 Å². The van der Waals surface area contributed by atoms with Gasteiger partial charge in [-0.25, -0.2) is 0 Å². The zero-order chi connectivity index (χ0) is 71.3. The Labute approximate surface area is 607 Å². The fourth-order valence-corrected chi connectivity index (χ4v) is 14.3. The smallest absolute Gasteiger partial charge is 0.211 e. The van der Waals surface area contributed by atoms with Gasteiger partial charge in [0.25, 0.3) is 0 Å². The van der Waals surface area contributed by atoms with Crippen LogP contribution in [0.3, 0.4) is 0 Å². The summed E-state index contributed by atoms with van der Waals surface area (Å²) in [7, 11) is 1.56. The summed E-state index contributed by atoms with van der Waals surface area (Å²) < 4.78 is 132. The molecule has 7 aliphatic rings. The Kier molecular flexibility index (Phi) is 23.8. The molecular formula is C80H82N6O19. The van der Waals surface area contributed by atoms with Crippen molar-refractivity contribution in [1.82, 2.24) is 0 Å². The molecule has 23 atom stereocenters. The van der Waals surface area contributed by atoms with Gasteiger partial charge in [0, 0.05) is 26.5 Å². The molecule has 546 valence electrons.